The molecule has 3 rings (SSSR count). The predicted molar refractivity (Wildman–Crippen MR) is 56.0 cm³/mol. The van der Waals surface area contributed by atoms with Crippen LogP contribution in [-0.4, -0.2) is 35.2 Å². The molecule has 0 aromatic heterocycles. The monoisotopic (exact) mass is 195 g/mol. The van der Waals surface area contributed by atoms with E-state index in [0.717, 1.165) is 30.8 Å². The molecule has 14 heavy (non-hydrogen) atoms. The van der Waals surface area contributed by atoms with Crippen molar-refractivity contribution < 1.29 is 5.11 Å². The van der Waals surface area contributed by atoms with Crippen molar-refractivity contribution in [3.8, 4) is 0 Å². The Morgan fingerprint density at radius 1 is 1.29 bits per heavy atom. The molecule has 0 radical (unpaired) electrons. The molecule has 2 aliphatic carbocycles. The van der Waals surface area contributed by atoms with E-state index in [2.05, 4.69) is 4.90 Å². The first-order valence-electron chi connectivity index (χ1n) is 6.07. The van der Waals surface area contributed by atoms with Crippen LogP contribution in [0.15, 0.2) is 0 Å². The van der Waals surface area contributed by atoms with Crippen LogP contribution in [0.5, 0.6) is 0 Å². The van der Waals surface area contributed by atoms with Gasteiger partial charge < -0.3 is 5.11 Å². The molecule has 3 fully saturated rings. The van der Waals surface area contributed by atoms with Gasteiger partial charge in [-0.2, -0.15) is 0 Å². The summed E-state index contributed by atoms with van der Waals surface area (Å²) in [6, 6.07) is 0. The van der Waals surface area contributed by atoms with Crippen LogP contribution >= 0.6 is 0 Å². The van der Waals surface area contributed by atoms with Gasteiger partial charge in [0.1, 0.15) is 0 Å². The molecule has 2 heteroatoms. The van der Waals surface area contributed by atoms with Crippen molar-refractivity contribution in [2.45, 2.75) is 38.2 Å². The first kappa shape index (κ1) is 9.17. The van der Waals surface area contributed by atoms with Gasteiger partial charge in [0.25, 0.3) is 0 Å². The fourth-order valence-corrected chi connectivity index (χ4v) is 3.98. The van der Waals surface area contributed by atoms with Crippen LogP contribution in [0, 0.1) is 17.8 Å². The van der Waals surface area contributed by atoms with Crippen LogP contribution in [0.3, 0.4) is 0 Å². The molecule has 1 N–H and O–H groups in total. The van der Waals surface area contributed by atoms with Gasteiger partial charge in [0, 0.05) is 19.6 Å². The van der Waals surface area contributed by atoms with E-state index in [4.69, 9.17) is 0 Å². The van der Waals surface area contributed by atoms with E-state index in [9.17, 15) is 5.11 Å². The Morgan fingerprint density at radius 3 is 2.57 bits per heavy atom. The number of β-amino-alcohol motifs (C(OH)–C–C–N with tert-alkyl or cyclic N) is 1. The lowest BCUT2D eigenvalue weighted by molar-refractivity contribution is -0.0906. The third-order valence-electron chi connectivity index (χ3n) is 4.51. The number of nitrogens with zero attached hydrogens (tertiary/aromatic N) is 1. The molecule has 0 aromatic rings. The van der Waals surface area contributed by atoms with Gasteiger partial charge in [-0.15, -0.1) is 0 Å². The fourth-order valence-electron chi connectivity index (χ4n) is 3.98. The average Bonchev–Trinajstić information content (AvgIpc) is 2.61. The number of fused-ring (bicyclic) bond motifs is 2. The summed E-state index contributed by atoms with van der Waals surface area (Å²) in [5.74, 6) is 3.06. The number of likely N-dealkylation sites (tertiary alicyclic amines) is 1. The Balaban J connectivity index is 1.50. The van der Waals surface area contributed by atoms with E-state index < -0.39 is 0 Å². The molecule has 2 saturated carbocycles. The highest BCUT2D eigenvalue weighted by Gasteiger charge is 2.43. The molecule has 2 bridgehead atoms. The summed E-state index contributed by atoms with van der Waals surface area (Å²) in [4.78, 5) is 2.44. The summed E-state index contributed by atoms with van der Waals surface area (Å²) >= 11 is 0. The quantitative estimate of drug-likeness (QED) is 0.721. The van der Waals surface area contributed by atoms with Crippen LogP contribution in [0.25, 0.3) is 0 Å². The Labute approximate surface area is 86.3 Å². The maximum atomic E-state index is 9.65. The minimum Gasteiger partial charge on any atom is -0.388 e. The third kappa shape index (κ3) is 1.49. The van der Waals surface area contributed by atoms with Crippen molar-refractivity contribution in [1.82, 2.24) is 4.90 Å². The first-order valence-corrected chi connectivity index (χ1v) is 6.07. The Kier molecular flexibility index (Phi) is 1.94. The largest absolute Gasteiger partial charge is 0.388 e. The minimum atomic E-state index is -0.377. The number of hydrogen-bond acceptors (Lipinski definition) is 2. The summed E-state index contributed by atoms with van der Waals surface area (Å²) in [5.41, 5.74) is -0.377. The third-order valence-corrected chi connectivity index (χ3v) is 4.51. The molecule has 1 heterocycles. The van der Waals surface area contributed by atoms with Crippen LogP contribution in [0.2, 0.25) is 0 Å². The van der Waals surface area contributed by atoms with Gasteiger partial charge in [0.05, 0.1) is 5.60 Å². The molecule has 0 amide bonds. The highest BCUT2D eigenvalue weighted by Crippen LogP contribution is 2.48. The second kappa shape index (κ2) is 2.96. The number of aliphatic hydroxyl groups is 1. The molecule has 0 aromatic carbocycles. The predicted octanol–water partition coefficient (Wildman–Crippen LogP) is 1.49. The highest BCUT2D eigenvalue weighted by atomic mass is 16.3. The van der Waals surface area contributed by atoms with Crippen molar-refractivity contribution in [3.63, 3.8) is 0 Å². The van der Waals surface area contributed by atoms with E-state index in [-0.39, 0.29) is 5.60 Å². The maximum Gasteiger partial charge on any atom is 0.0872 e. The molecule has 0 spiro atoms. The van der Waals surface area contributed by atoms with Gasteiger partial charge in [-0.3, -0.25) is 4.90 Å². The average molecular weight is 195 g/mol. The smallest absolute Gasteiger partial charge is 0.0872 e. The molecule has 2 nitrogen and oxygen atoms in total. The second-order valence-corrected chi connectivity index (χ2v) is 6.10. The molecule has 3 aliphatic rings. The lowest BCUT2D eigenvalue weighted by atomic mass is 9.86. The summed E-state index contributed by atoms with van der Waals surface area (Å²) < 4.78 is 0. The van der Waals surface area contributed by atoms with Crippen LogP contribution in [0.4, 0.5) is 0 Å². The Hall–Kier alpha value is -0.0800. The summed E-state index contributed by atoms with van der Waals surface area (Å²) in [5, 5.41) is 9.65. The minimum absolute atomic E-state index is 0.377. The van der Waals surface area contributed by atoms with Gasteiger partial charge in [-0.05, 0) is 43.9 Å². The van der Waals surface area contributed by atoms with Gasteiger partial charge in [-0.1, -0.05) is 6.42 Å². The lowest BCUT2D eigenvalue weighted by Gasteiger charge is -2.46. The van der Waals surface area contributed by atoms with Crippen molar-refractivity contribution in [2.75, 3.05) is 19.6 Å². The number of hydrogen-bond donors (Lipinski definition) is 1. The summed E-state index contributed by atoms with van der Waals surface area (Å²) in [6.07, 6.45) is 5.97. The van der Waals surface area contributed by atoms with Crippen LogP contribution in [-0.2, 0) is 0 Å². The molecule has 3 atom stereocenters. The standard InChI is InChI=1S/C12H21NO/c1-12(14)7-13(8-12)6-11-5-9-2-3-10(11)4-9/h9-11,14H,2-8H2,1H3. The van der Waals surface area contributed by atoms with Gasteiger partial charge in [0.15, 0.2) is 0 Å². The van der Waals surface area contributed by atoms with Crippen molar-refractivity contribution >= 4 is 0 Å². The zero-order chi connectivity index (χ0) is 9.76. The van der Waals surface area contributed by atoms with Crippen LogP contribution in [0.1, 0.15) is 32.6 Å². The Bertz CT molecular complexity index is 230. The second-order valence-electron chi connectivity index (χ2n) is 6.10. The topological polar surface area (TPSA) is 23.5 Å². The summed E-state index contributed by atoms with van der Waals surface area (Å²) in [7, 11) is 0. The first-order chi connectivity index (χ1) is 6.62. The molecule has 80 valence electrons. The molecule has 3 unspecified atom stereocenters. The van der Waals surface area contributed by atoms with Crippen molar-refractivity contribution in [1.29, 1.82) is 0 Å². The maximum absolute atomic E-state index is 9.65. The lowest BCUT2D eigenvalue weighted by Crippen LogP contribution is -2.60. The van der Waals surface area contributed by atoms with E-state index in [1.807, 2.05) is 6.92 Å². The highest BCUT2D eigenvalue weighted by molar-refractivity contribution is 4.96. The van der Waals surface area contributed by atoms with E-state index in [0.29, 0.717) is 0 Å². The molecule has 1 saturated heterocycles. The summed E-state index contributed by atoms with van der Waals surface area (Å²) in [6.45, 7) is 5.02. The van der Waals surface area contributed by atoms with E-state index in [1.165, 1.54) is 32.2 Å². The van der Waals surface area contributed by atoms with E-state index >= 15 is 0 Å². The van der Waals surface area contributed by atoms with Crippen molar-refractivity contribution in [2.24, 2.45) is 17.8 Å². The zero-order valence-corrected chi connectivity index (χ0v) is 9.08. The Morgan fingerprint density at radius 2 is 2.07 bits per heavy atom. The number of rotatable bonds is 2. The van der Waals surface area contributed by atoms with Gasteiger partial charge >= 0.3 is 0 Å². The molecular weight excluding hydrogens is 174 g/mol. The van der Waals surface area contributed by atoms with Crippen molar-refractivity contribution in [3.05, 3.63) is 0 Å². The van der Waals surface area contributed by atoms with Crippen LogP contribution < -0.4 is 0 Å². The normalized spacial score (nSPS) is 45.4. The zero-order valence-electron chi connectivity index (χ0n) is 9.08. The SMILES string of the molecule is CC1(O)CN(CC2CC3CCC2C3)C1. The fraction of sp³-hybridized carbons (Fsp3) is 1.00. The van der Waals surface area contributed by atoms with E-state index in [1.54, 1.807) is 0 Å². The van der Waals surface area contributed by atoms with Gasteiger partial charge in [0.2, 0.25) is 0 Å². The van der Waals surface area contributed by atoms with Gasteiger partial charge in [-0.25, -0.2) is 0 Å². The molecule has 1 aliphatic heterocycles. The molecular formula is C12H21NO.